The molecule has 0 aliphatic heterocycles. The van der Waals surface area contributed by atoms with E-state index in [4.69, 9.17) is 39.9 Å². The maximum atomic E-state index is 12.6. The minimum Gasteiger partial charge on any atom is -0.306 e. The second kappa shape index (κ2) is 8.66. The van der Waals surface area contributed by atoms with Crippen LogP contribution in [0.4, 0.5) is 16.3 Å². The van der Waals surface area contributed by atoms with Crippen molar-refractivity contribution in [3.63, 3.8) is 0 Å². The van der Waals surface area contributed by atoms with Crippen LogP contribution in [-0.4, -0.2) is 15.8 Å². The average Bonchev–Trinajstić information content (AvgIpc) is 3.09. The summed E-state index contributed by atoms with van der Waals surface area (Å²) in [7, 11) is 0. The van der Waals surface area contributed by atoms with Crippen LogP contribution in [0.1, 0.15) is 32.0 Å². The number of anilines is 2. The van der Waals surface area contributed by atoms with Gasteiger partial charge in [-0.3, -0.25) is 5.32 Å². The molecule has 1 heterocycles. The second-order valence-electron chi connectivity index (χ2n) is 7.56. The maximum absolute atomic E-state index is 12.6. The topological polar surface area (TPSA) is 59.0 Å². The molecule has 0 unspecified atom stereocenters. The molecule has 152 valence electrons. The van der Waals surface area contributed by atoms with Gasteiger partial charge in [0.25, 0.3) is 0 Å². The molecule has 0 atom stereocenters. The molecule has 0 aliphatic rings. The molecule has 0 saturated heterocycles. The van der Waals surface area contributed by atoms with E-state index < -0.39 is 6.03 Å². The number of nitrogens with one attached hydrogen (secondary N) is 2. The molecule has 8 heteroatoms. The summed E-state index contributed by atoms with van der Waals surface area (Å²) in [4.78, 5) is 12.6. The molecule has 3 aromatic rings. The first-order valence-corrected chi connectivity index (χ1v) is 10.3. The van der Waals surface area contributed by atoms with Crippen LogP contribution in [0.5, 0.6) is 0 Å². The third kappa shape index (κ3) is 5.04. The summed E-state index contributed by atoms with van der Waals surface area (Å²) in [6.07, 6.45) is 0. The Labute approximate surface area is 185 Å². The van der Waals surface area contributed by atoms with Gasteiger partial charge in [0, 0.05) is 17.4 Å². The number of hydrogen-bond acceptors (Lipinski definition) is 2. The van der Waals surface area contributed by atoms with Gasteiger partial charge in [-0.1, -0.05) is 62.2 Å². The molecular formula is C21H21Cl3N4O. The Morgan fingerprint density at radius 3 is 2.48 bits per heavy atom. The summed E-state index contributed by atoms with van der Waals surface area (Å²) in [5, 5.41) is 10.9. The monoisotopic (exact) mass is 450 g/mol. The minimum absolute atomic E-state index is 0.196. The van der Waals surface area contributed by atoms with Gasteiger partial charge in [-0.25, -0.2) is 9.48 Å². The van der Waals surface area contributed by atoms with Crippen molar-refractivity contribution >= 4 is 52.3 Å². The smallest absolute Gasteiger partial charge is 0.306 e. The van der Waals surface area contributed by atoms with Crippen LogP contribution in [0.2, 0.25) is 10.0 Å². The van der Waals surface area contributed by atoms with Crippen LogP contribution in [0.3, 0.4) is 0 Å². The fraction of sp³-hybridized carbons (Fsp3) is 0.238. The Morgan fingerprint density at radius 2 is 1.79 bits per heavy atom. The van der Waals surface area contributed by atoms with Gasteiger partial charge in [0.05, 0.1) is 27.1 Å². The van der Waals surface area contributed by atoms with Crippen molar-refractivity contribution in [2.24, 2.45) is 0 Å². The van der Waals surface area contributed by atoms with Crippen LogP contribution in [0, 0.1) is 0 Å². The van der Waals surface area contributed by atoms with E-state index in [1.807, 2.05) is 30.3 Å². The Hall–Kier alpha value is -2.21. The van der Waals surface area contributed by atoms with Crippen molar-refractivity contribution in [3.8, 4) is 5.69 Å². The first kappa shape index (κ1) is 21.5. The van der Waals surface area contributed by atoms with Crippen molar-refractivity contribution in [2.45, 2.75) is 32.1 Å². The molecule has 0 aliphatic carbocycles. The zero-order chi connectivity index (χ0) is 21.2. The minimum atomic E-state index is -0.454. The van der Waals surface area contributed by atoms with E-state index in [9.17, 15) is 4.79 Å². The Kier molecular flexibility index (Phi) is 6.42. The highest BCUT2D eigenvalue weighted by Gasteiger charge is 2.22. The Bertz CT molecular complexity index is 1040. The summed E-state index contributed by atoms with van der Waals surface area (Å²) in [6, 6.07) is 14.1. The molecule has 5 nitrogen and oxygen atoms in total. The summed E-state index contributed by atoms with van der Waals surface area (Å²) in [5.41, 5.74) is 2.82. The summed E-state index contributed by atoms with van der Waals surface area (Å²) < 4.78 is 1.69. The van der Waals surface area contributed by atoms with E-state index in [1.165, 1.54) is 0 Å². The third-order valence-electron chi connectivity index (χ3n) is 4.23. The molecule has 0 saturated carbocycles. The summed E-state index contributed by atoms with van der Waals surface area (Å²) >= 11 is 18.1. The van der Waals surface area contributed by atoms with Crippen molar-refractivity contribution in [3.05, 3.63) is 69.8 Å². The number of amides is 2. The standard InChI is InChI=1S/C21H21Cl3N4O/c1-21(2,3)17-11-18(28(27-17)14-7-4-6-13(10-14)12-22)26-20(29)25-16-9-5-8-15(23)19(16)24/h4-11H,12H2,1-3H3,(H2,25,26,29). The van der Waals surface area contributed by atoms with Gasteiger partial charge in [-0.15, -0.1) is 11.6 Å². The predicted octanol–water partition coefficient (Wildman–Crippen LogP) is 6.86. The highest BCUT2D eigenvalue weighted by molar-refractivity contribution is 6.44. The molecule has 0 spiro atoms. The van der Waals surface area contributed by atoms with Crippen LogP contribution in [-0.2, 0) is 11.3 Å². The van der Waals surface area contributed by atoms with Gasteiger partial charge >= 0.3 is 6.03 Å². The lowest BCUT2D eigenvalue weighted by Crippen LogP contribution is -2.21. The Balaban J connectivity index is 1.94. The lowest BCUT2D eigenvalue weighted by Gasteiger charge is -2.14. The van der Waals surface area contributed by atoms with Gasteiger partial charge in [-0.05, 0) is 29.8 Å². The first-order valence-electron chi connectivity index (χ1n) is 8.97. The highest BCUT2D eigenvalue weighted by atomic mass is 35.5. The quantitative estimate of drug-likeness (QED) is 0.426. The molecular weight excluding hydrogens is 431 g/mol. The average molecular weight is 452 g/mol. The number of benzene rings is 2. The zero-order valence-electron chi connectivity index (χ0n) is 16.3. The molecule has 2 amide bonds. The molecule has 1 aromatic heterocycles. The molecule has 2 aromatic carbocycles. The number of aromatic nitrogens is 2. The largest absolute Gasteiger partial charge is 0.324 e. The van der Waals surface area contributed by atoms with Gasteiger partial charge in [0.15, 0.2) is 0 Å². The number of carbonyl (C=O) groups is 1. The van der Waals surface area contributed by atoms with E-state index in [1.54, 1.807) is 22.9 Å². The van der Waals surface area contributed by atoms with E-state index in [2.05, 4.69) is 31.4 Å². The second-order valence-corrected chi connectivity index (χ2v) is 8.61. The predicted molar refractivity (Wildman–Crippen MR) is 121 cm³/mol. The zero-order valence-corrected chi connectivity index (χ0v) is 18.5. The number of nitrogens with zero attached hydrogens (tertiary/aromatic N) is 2. The van der Waals surface area contributed by atoms with E-state index in [-0.39, 0.29) is 10.4 Å². The molecule has 3 rings (SSSR count). The van der Waals surface area contributed by atoms with Gasteiger partial charge in [0.2, 0.25) is 0 Å². The lowest BCUT2D eigenvalue weighted by atomic mass is 9.92. The molecule has 0 radical (unpaired) electrons. The number of urea groups is 1. The summed E-state index contributed by atoms with van der Waals surface area (Å²) in [6.45, 7) is 6.18. The first-order chi connectivity index (χ1) is 13.7. The number of hydrogen-bond donors (Lipinski definition) is 2. The Morgan fingerprint density at radius 1 is 1.07 bits per heavy atom. The molecule has 2 N–H and O–H groups in total. The van der Waals surface area contributed by atoms with Crippen molar-refractivity contribution < 1.29 is 4.79 Å². The van der Waals surface area contributed by atoms with E-state index in [0.717, 1.165) is 16.9 Å². The van der Waals surface area contributed by atoms with Crippen LogP contribution in [0.15, 0.2) is 48.5 Å². The van der Waals surface area contributed by atoms with Crippen molar-refractivity contribution in [1.29, 1.82) is 0 Å². The summed E-state index contributed by atoms with van der Waals surface area (Å²) in [5.74, 6) is 0.912. The van der Waals surface area contributed by atoms with Gasteiger partial charge < -0.3 is 5.32 Å². The maximum Gasteiger partial charge on any atom is 0.324 e. The SMILES string of the molecule is CC(C)(C)c1cc(NC(=O)Nc2cccc(Cl)c2Cl)n(-c2cccc(CCl)c2)n1. The number of alkyl halides is 1. The van der Waals surface area contributed by atoms with Crippen LogP contribution in [0.25, 0.3) is 5.69 Å². The van der Waals surface area contributed by atoms with Crippen LogP contribution >= 0.6 is 34.8 Å². The molecule has 29 heavy (non-hydrogen) atoms. The number of halogens is 3. The molecule has 0 bridgehead atoms. The fourth-order valence-corrected chi connectivity index (χ4v) is 3.19. The van der Waals surface area contributed by atoms with Gasteiger partial charge in [0.1, 0.15) is 5.82 Å². The molecule has 0 fully saturated rings. The lowest BCUT2D eigenvalue weighted by molar-refractivity contribution is 0.262. The normalized spacial score (nSPS) is 11.4. The van der Waals surface area contributed by atoms with E-state index in [0.29, 0.717) is 22.4 Å². The van der Waals surface area contributed by atoms with E-state index >= 15 is 0 Å². The van der Waals surface area contributed by atoms with Crippen molar-refractivity contribution in [1.82, 2.24) is 9.78 Å². The van der Waals surface area contributed by atoms with Crippen LogP contribution < -0.4 is 10.6 Å². The number of carbonyl (C=O) groups excluding carboxylic acids is 1. The fourth-order valence-electron chi connectivity index (χ4n) is 2.68. The van der Waals surface area contributed by atoms with Gasteiger partial charge in [-0.2, -0.15) is 5.10 Å². The van der Waals surface area contributed by atoms with Crippen molar-refractivity contribution in [2.75, 3.05) is 10.6 Å². The highest BCUT2D eigenvalue weighted by Crippen LogP contribution is 2.30. The number of rotatable bonds is 4. The third-order valence-corrected chi connectivity index (χ3v) is 5.36.